The Bertz CT molecular complexity index is 623. The molecule has 5 nitrogen and oxygen atoms in total. The number of nitrogens with two attached hydrogens (primary N) is 1. The Labute approximate surface area is 144 Å². The summed E-state index contributed by atoms with van der Waals surface area (Å²) in [4.78, 5) is 13.9. The van der Waals surface area contributed by atoms with Crippen molar-refractivity contribution in [2.75, 3.05) is 12.3 Å². The summed E-state index contributed by atoms with van der Waals surface area (Å²) in [6.45, 7) is 3.95. The van der Waals surface area contributed by atoms with Gasteiger partial charge in [-0.2, -0.15) is 13.2 Å². The molecule has 1 fully saturated rings. The van der Waals surface area contributed by atoms with Crippen molar-refractivity contribution in [3.8, 4) is 5.75 Å². The van der Waals surface area contributed by atoms with E-state index < -0.39 is 24.5 Å². The number of halogens is 3. The number of ether oxygens (including phenoxy) is 2. The molecular weight excluding hydrogens is 337 g/mol. The van der Waals surface area contributed by atoms with Crippen molar-refractivity contribution in [1.29, 1.82) is 0 Å². The number of alkyl halides is 3. The fourth-order valence-corrected chi connectivity index (χ4v) is 2.26. The molecule has 1 amide bonds. The largest absolute Gasteiger partial charge is 0.484 e. The summed E-state index contributed by atoms with van der Waals surface area (Å²) in [6.07, 6.45) is -3.28. The Kier molecular flexibility index (Phi) is 5.39. The van der Waals surface area contributed by atoms with E-state index in [-0.39, 0.29) is 18.3 Å². The highest BCUT2D eigenvalue weighted by molar-refractivity contribution is 5.69. The van der Waals surface area contributed by atoms with Gasteiger partial charge in [-0.3, -0.25) is 0 Å². The molecule has 1 aliphatic carbocycles. The van der Waals surface area contributed by atoms with Gasteiger partial charge in [-0.05, 0) is 51.8 Å². The topological polar surface area (TPSA) is 64.8 Å². The molecule has 0 aromatic heterocycles. The highest BCUT2D eigenvalue weighted by Crippen LogP contribution is 2.33. The van der Waals surface area contributed by atoms with Gasteiger partial charge in [-0.1, -0.05) is 0 Å². The molecule has 140 valence electrons. The third-order valence-electron chi connectivity index (χ3n) is 3.43. The van der Waals surface area contributed by atoms with Crippen molar-refractivity contribution in [1.82, 2.24) is 4.90 Å². The fraction of sp³-hybridized carbons (Fsp3) is 0.588. The van der Waals surface area contributed by atoms with Gasteiger partial charge in [-0.15, -0.1) is 0 Å². The van der Waals surface area contributed by atoms with Crippen LogP contribution in [0.4, 0.5) is 23.7 Å². The maximum absolute atomic E-state index is 12.4. The van der Waals surface area contributed by atoms with Crippen LogP contribution < -0.4 is 10.5 Å². The van der Waals surface area contributed by atoms with Crippen LogP contribution in [-0.4, -0.2) is 35.4 Å². The summed E-state index contributed by atoms with van der Waals surface area (Å²) in [5.74, 6) is 0.0562. The minimum absolute atomic E-state index is 0.0201. The molecule has 0 atom stereocenters. The van der Waals surface area contributed by atoms with Crippen LogP contribution >= 0.6 is 0 Å². The Hall–Kier alpha value is -2.12. The van der Waals surface area contributed by atoms with Crippen LogP contribution in [0.5, 0.6) is 5.75 Å². The summed E-state index contributed by atoms with van der Waals surface area (Å²) in [5.41, 5.74) is 5.89. The Morgan fingerprint density at radius 2 is 1.92 bits per heavy atom. The van der Waals surface area contributed by atoms with Gasteiger partial charge in [0.2, 0.25) is 0 Å². The van der Waals surface area contributed by atoms with Crippen LogP contribution in [0.1, 0.15) is 39.2 Å². The number of hydrogen-bond acceptors (Lipinski definition) is 4. The van der Waals surface area contributed by atoms with E-state index in [2.05, 4.69) is 0 Å². The van der Waals surface area contributed by atoms with Crippen molar-refractivity contribution in [3.05, 3.63) is 23.8 Å². The second-order valence-electron chi connectivity index (χ2n) is 7.11. The number of rotatable bonds is 5. The van der Waals surface area contributed by atoms with Crippen molar-refractivity contribution in [2.24, 2.45) is 0 Å². The molecule has 0 unspecified atom stereocenters. The number of hydrogen-bond donors (Lipinski definition) is 1. The van der Waals surface area contributed by atoms with Crippen LogP contribution in [0, 0.1) is 0 Å². The molecule has 2 rings (SSSR count). The van der Waals surface area contributed by atoms with E-state index in [4.69, 9.17) is 15.2 Å². The predicted molar refractivity (Wildman–Crippen MR) is 87.2 cm³/mol. The number of anilines is 1. The highest BCUT2D eigenvalue weighted by atomic mass is 19.4. The van der Waals surface area contributed by atoms with E-state index in [1.54, 1.807) is 20.8 Å². The lowest BCUT2D eigenvalue weighted by atomic mass is 10.1. The summed E-state index contributed by atoms with van der Waals surface area (Å²) in [5, 5.41) is 0. The number of nitrogen functional groups attached to an aromatic ring is 1. The third kappa shape index (κ3) is 6.36. The van der Waals surface area contributed by atoms with Crippen LogP contribution in [-0.2, 0) is 11.3 Å². The van der Waals surface area contributed by atoms with Gasteiger partial charge in [0.25, 0.3) is 0 Å². The lowest BCUT2D eigenvalue weighted by Crippen LogP contribution is -2.38. The van der Waals surface area contributed by atoms with Crippen LogP contribution in [0.15, 0.2) is 18.2 Å². The number of carbonyl (C=O) groups is 1. The molecule has 1 saturated carbocycles. The fourth-order valence-electron chi connectivity index (χ4n) is 2.26. The summed E-state index contributed by atoms with van der Waals surface area (Å²) in [7, 11) is 0. The average molecular weight is 360 g/mol. The molecule has 0 heterocycles. The van der Waals surface area contributed by atoms with Crippen LogP contribution in [0.2, 0.25) is 0 Å². The second-order valence-corrected chi connectivity index (χ2v) is 7.11. The lowest BCUT2D eigenvalue weighted by molar-refractivity contribution is -0.153. The number of nitrogens with zero attached hydrogens (tertiary/aromatic N) is 1. The average Bonchev–Trinajstić information content (AvgIpc) is 3.25. The monoisotopic (exact) mass is 360 g/mol. The molecule has 0 bridgehead atoms. The molecule has 1 aromatic carbocycles. The SMILES string of the molecule is CC(C)(C)OC(=O)N(Cc1cc(N)ccc1OCC(F)(F)F)C1CC1. The van der Waals surface area contributed by atoms with Gasteiger partial charge in [0.1, 0.15) is 11.4 Å². The molecule has 0 aliphatic heterocycles. The number of carbonyl (C=O) groups excluding carboxylic acids is 1. The maximum atomic E-state index is 12.4. The van der Waals surface area contributed by atoms with Gasteiger partial charge in [-0.25, -0.2) is 4.79 Å². The van der Waals surface area contributed by atoms with Crippen molar-refractivity contribution in [3.63, 3.8) is 0 Å². The van der Waals surface area contributed by atoms with Gasteiger partial charge >= 0.3 is 12.3 Å². The molecule has 8 heteroatoms. The van der Waals surface area contributed by atoms with Gasteiger partial charge in [0.15, 0.2) is 6.61 Å². The van der Waals surface area contributed by atoms with Crippen molar-refractivity contribution < 1.29 is 27.4 Å². The second kappa shape index (κ2) is 7.01. The third-order valence-corrected chi connectivity index (χ3v) is 3.43. The maximum Gasteiger partial charge on any atom is 0.422 e. The smallest absolute Gasteiger partial charge is 0.422 e. The molecule has 1 aliphatic rings. The zero-order chi connectivity index (χ0) is 18.8. The van der Waals surface area contributed by atoms with E-state index in [0.29, 0.717) is 11.3 Å². The van der Waals surface area contributed by atoms with E-state index in [1.807, 2.05) is 0 Å². The number of amides is 1. The molecule has 0 saturated heterocycles. The Balaban J connectivity index is 2.17. The van der Waals surface area contributed by atoms with Crippen molar-refractivity contribution >= 4 is 11.8 Å². The van der Waals surface area contributed by atoms with E-state index in [0.717, 1.165) is 12.8 Å². The summed E-state index contributed by atoms with van der Waals surface area (Å²) < 4.78 is 47.6. The van der Waals surface area contributed by atoms with E-state index >= 15 is 0 Å². The molecular formula is C17H23F3N2O3. The minimum Gasteiger partial charge on any atom is -0.484 e. The minimum atomic E-state index is -4.44. The molecule has 2 N–H and O–H groups in total. The Morgan fingerprint density at radius 1 is 1.28 bits per heavy atom. The first-order valence-electron chi connectivity index (χ1n) is 8.02. The lowest BCUT2D eigenvalue weighted by Gasteiger charge is -2.28. The molecule has 1 aromatic rings. The zero-order valence-electron chi connectivity index (χ0n) is 14.5. The molecule has 0 spiro atoms. The quantitative estimate of drug-likeness (QED) is 0.803. The molecule has 25 heavy (non-hydrogen) atoms. The first-order chi connectivity index (χ1) is 11.4. The predicted octanol–water partition coefficient (Wildman–Crippen LogP) is 4.11. The van der Waals surface area contributed by atoms with E-state index in [9.17, 15) is 18.0 Å². The first-order valence-corrected chi connectivity index (χ1v) is 8.02. The highest BCUT2D eigenvalue weighted by Gasteiger charge is 2.36. The normalized spacial score (nSPS) is 15.0. The van der Waals surface area contributed by atoms with Gasteiger partial charge < -0.3 is 20.1 Å². The Morgan fingerprint density at radius 3 is 2.44 bits per heavy atom. The summed E-state index contributed by atoms with van der Waals surface area (Å²) >= 11 is 0. The van der Waals surface area contributed by atoms with Gasteiger partial charge in [0, 0.05) is 17.3 Å². The number of benzene rings is 1. The van der Waals surface area contributed by atoms with E-state index in [1.165, 1.54) is 23.1 Å². The first kappa shape index (κ1) is 19.2. The standard InChI is InChI=1S/C17H23F3N2O3/c1-16(2,3)25-15(23)22(13-5-6-13)9-11-8-12(21)4-7-14(11)24-10-17(18,19)20/h4,7-8,13H,5-6,9-10,21H2,1-3H3. The van der Waals surface area contributed by atoms with Crippen LogP contribution in [0.25, 0.3) is 0 Å². The van der Waals surface area contributed by atoms with Gasteiger partial charge in [0.05, 0.1) is 6.54 Å². The summed E-state index contributed by atoms with van der Waals surface area (Å²) in [6, 6.07) is 4.39. The van der Waals surface area contributed by atoms with Crippen molar-refractivity contribution in [2.45, 2.75) is 58.0 Å². The van der Waals surface area contributed by atoms with Crippen LogP contribution in [0.3, 0.4) is 0 Å². The zero-order valence-corrected chi connectivity index (χ0v) is 14.5. The molecule has 0 radical (unpaired) electrons.